The van der Waals surface area contributed by atoms with Crippen LogP contribution in [0.15, 0.2) is 0 Å². The second-order valence-electron chi connectivity index (χ2n) is 0.907. The molecule has 0 aromatic carbocycles. The average molecular weight is 75.1 g/mol. The summed E-state index contributed by atoms with van der Waals surface area (Å²) in [7, 11) is 0. The Balaban J connectivity index is 3.26. The molecule has 0 spiro atoms. The molecule has 30 valence electrons. The molecule has 0 aromatic rings. The first-order valence-electron chi connectivity index (χ1n) is 1.90. The quantitative estimate of drug-likeness (QED) is 0.428. The van der Waals surface area contributed by atoms with Gasteiger partial charge in [0.25, 0.3) is 0 Å². The summed E-state index contributed by atoms with van der Waals surface area (Å²) in [5.41, 5.74) is 4.90. The molecule has 0 aliphatic rings. The maximum Gasteiger partial charge on any atom is 0.136 e. The fourth-order valence-electron chi connectivity index (χ4n) is 0. The summed E-state index contributed by atoms with van der Waals surface area (Å²) < 4.78 is 6.27. The third-order valence-electron chi connectivity index (χ3n) is 0.186. The number of hydrogen-bond donors (Lipinski definition) is 1. The molecule has 0 fully saturated rings. The zero-order valence-electron chi connectivity index (χ0n) is 4.06. The molecule has 0 radical (unpaired) electrons. The summed E-state index contributed by atoms with van der Waals surface area (Å²) >= 11 is 0. The van der Waals surface area contributed by atoms with Crippen LogP contribution in [0.1, 0.15) is 8.29 Å². The summed E-state index contributed by atoms with van der Waals surface area (Å²) in [6.45, 7) is 1.48. The van der Waals surface area contributed by atoms with E-state index in [2.05, 4.69) is 0 Å². The van der Waals surface area contributed by atoms with Gasteiger partial charge in [-0.3, -0.25) is 0 Å². The van der Waals surface area contributed by atoms with Crippen LogP contribution in [-0.4, -0.2) is 12.3 Å². The average Bonchev–Trinajstić information content (AvgIpc) is 1.36. The van der Waals surface area contributed by atoms with Gasteiger partial charge in [0.2, 0.25) is 0 Å². The van der Waals surface area contributed by atoms with Crippen molar-refractivity contribution in [3.63, 3.8) is 0 Å². The van der Waals surface area contributed by atoms with Crippen LogP contribution in [0.5, 0.6) is 0 Å². The van der Waals surface area contributed by atoms with Gasteiger partial charge in [0.15, 0.2) is 0 Å². The van der Waals surface area contributed by atoms with E-state index in [1.165, 1.54) is 6.92 Å². The van der Waals surface area contributed by atoms with Gasteiger partial charge in [-0.2, -0.15) is 0 Å². The molecule has 1 unspecified atom stereocenters. The van der Waals surface area contributed by atoms with Crippen molar-refractivity contribution in [2.45, 2.75) is 13.0 Å². The smallest absolute Gasteiger partial charge is 0.136 e. The molecule has 0 aromatic heterocycles. The van der Waals surface area contributed by atoms with Gasteiger partial charge in [0, 0.05) is 0 Å². The molecular weight excluding hydrogens is 66.0 g/mol. The number of aldehydes is 1. The normalized spacial score (nSPS) is 16.8. The van der Waals surface area contributed by atoms with E-state index in [1.54, 1.807) is 0 Å². The third kappa shape index (κ3) is 3.63. The minimum absolute atomic E-state index is 0.620. The van der Waals surface area contributed by atoms with Gasteiger partial charge in [-0.1, -0.05) is 0 Å². The molecule has 0 rings (SSSR count). The first kappa shape index (κ1) is 2.85. The Kier molecular flexibility index (Phi) is 1.08. The van der Waals surface area contributed by atoms with E-state index >= 15 is 0 Å². The molecule has 2 nitrogen and oxygen atoms in total. The number of hydrogen-bond acceptors (Lipinski definition) is 2. The SMILES string of the molecule is [3H]C(=O)C(C)N. The lowest BCUT2D eigenvalue weighted by atomic mass is 10.4. The molecule has 0 bridgehead atoms. The number of carbonyl (C=O) groups excluding carboxylic acids is 1. The van der Waals surface area contributed by atoms with Crippen molar-refractivity contribution in [1.29, 1.82) is 0 Å². The molecule has 2 heteroatoms. The predicted octanol–water partition coefficient (Wildman–Crippen LogP) is -0.467. The number of carbonyl (C=O) groups is 1. The van der Waals surface area contributed by atoms with Gasteiger partial charge in [-0.15, -0.1) is 0 Å². The first-order valence-corrected chi connectivity index (χ1v) is 1.40. The molecule has 1 atom stereocenters. The van der Waals surface area contributed by atoms with E-state index in [0.29, 0.717) is 0 Å². The molecule has 0 heterocycles. The highest BCUT2D eigenvalue weighted by Crippen LogP contribution is 1.55. The molecular formula is C3H7NO. The Morgan fingerprint density at radius 1 is 2.40 bits per heavy atom. The summed E-state index contributed by atoms with van der Waals surface area (Å²) in [6.07, 6.45) is -0.713. The maximum atomic E-state index is 9.69. The van der Waals surface area contributed by atoms with Crippen LogP contribution in [0, 0.1) is 0 Å². The number of nitrogens with two attached hydrogens (primary N) is 1. The van der Waals surface area contributed by atoms with Crippen molar-refractivity contribution in [3.05, 3.63) is 0 Å². The van der Waals surface area contributed by atoms with Crippen LogP contribution in [0.4, 0.5) is 0 Å². The summed E-state index contributed by atoms with van der Waals surface area (Å²) in [6, 6.07) is -0.620. The Morgan fingerprint density at radius 2 is 2.60 bits per heavy atom. The van der Waals surface area contributed by atoms with Crippen LogP contribution in [0.25, 0.3) is 0 Å². The molecule has 0 amide bonds. The van der Waals surface area contributed by atoms with Gasteiger partial charge < -0.3 is 10.5 Å². The van der Waals surface area contributed by atoms with Crippen molar-refractivity contribution < 1.29 is 6.17 Å². The highest BCUT2D eigenvalue weighted by Gasteiger charge is 1.79. The van der Waals surface area contributed by atoms with Crippen molar-refractivity contribution in [2.24, 2.45) is 5.73 Å². The predicted molar refractivity (Wildman–Crippen MR) is 19.7 cm³/mol. The van der Waals surface area contributed by atoms with Gasteiger partial charge >= 0.3 is 0 Å². The molecule has 5 heavy (non-hydrogen) atoms. The highest BCUT2D eigenvalue weighted by molar-refractivity contribution is 5.55. The van der Waals surface area contributed by atoms with Crippen molar-refractivity contribution >= 4 is 6.26 Å². The third-order valence-corrected chi connectivity index (χ3v) is 0.186. The maximum absolute atomic E-state index is 9.69. The fourth-order valence-corrected chi connectivity index (χ4v) is 0. The molecule has 0 saturated heterocycles. The lowest BCUT2D eigenvalue weighted by molar-refractivity contribution is -0.108. The van der Waals surface area contributed by atoms with Gasteiger partial charge in [-0.25, -0.2) is 0 Å². The zero-order valence-corrected chi connectivity index (χ0v) is 3.06. The lowest BCUT2D eigenvalue weighted by Crippen LogP contribution is -2.15. The van der Waals surface area contributed by atoms with Crippen molar-refractivity contribution in [1.82, 2.24) is 0 Å². The molecule has 0 aliphatic carbocycles. The van der Waals surface area contributed by atoms with E-state index in [4.69, 9.17) is 7.10 Å². The van der Waals surface area contributed by atoms with E-state index in [-0.39, 0.29) is 0 Å². The topological polar surface area (TPSA) is 43.1 Å². The van der Waals surface area contributed by atoms with Gasteiger partial charge in [0.05, 0.1) is 6.04 Å². The van der Waals surface area contributed by atoms with Gasteiger partial charge in [0.1, 0.15) is 7.63 Å². The van der Waals surface area contributed by atoms with Crippen molar-refractivity contribution in [3.8, 4) is 0 Å². The van der Waals surface area contributed by atoms with Gasteiger partial charge in [-0.05, 0) is 6.92 Å². The second kappa shape index (κ2) is 1.91. The fraction of sp³-hybridized carbons (Fsp3) is 0.667. The number of rotatable bonds is 1. The lowest BCUT2D eigenvalue weighted by Gasteiger charge is -1.80. The van der Waals surface area contributed by atoms with Crippen LogP contribution in [-0.2, 0) is 4.79 Å². The Hall–Kier alpha value is -0.370. The highest BCUT2D eigenvalue weighted by atomic mass is 16.1. The van der Waals surface area contributed by atoms with E-state index in [0.717, 1.165) is 0 Å². The van der Waals surface area contributed by atoms with Crippen LogP contribution in [0.3, 0.4) is 0 Å². The van der Waals surface area contributed by atoms with E-state index in [1.807, 2.05) is 0 Å². The Morgan fingerprint density at radius 3 is 2.60 bits per heavy atom. The summed E-state index contributed by atoms with van der Waals surface area (Å²) in [4.78, 5) is 9.69. The first-order chi connectivity index (χ1) is 2.64. The Bertz CT molecular complexity index is 61.8. The molecule has 0 aliphatic heterocycles. The van der Waals surface area contributed by atoms with Crippen LogP contribution >= 0.6 is 0 Å². The standard InChI is InChI=1S/C3H7NO/c1-3(4)2-5/h2-3H,4H2,1H3/i2T. The zero-order chi connectivity index (χ0) is 5.15. The summed E-state index contributed by atoms with van der Waals surface area (Å²) in [5, 5.41) is 0. The van der Waals surface area contributed by atoms with Crippen LogP contribution < -0.4 is 5.73 Å². The summed E-state index contributed by atoms with van der Waals surface area (Å²) in [5.74, 6) is 0. The molecule has 2 N–H and O–H groups in total. The van der Waals surface area contributed by atoms with E-state index in [9.17, 15) is 4.79 Å². The Labute approximate surface area is 32.4 Å². The minimum atomic E-state index is -0.713. The molecule has 0 saturated carbocycles. The van der Waals surface area contributed by atoms with E-state index < -0.39 is 12.3 Å². The largest absolute Gasteiger partial charge is 0.322 e. The minimum Gasteiger partial charge on any atom is -0.322 e. The second-order valence-corrected chi connectivity index (χ2v) is 0.907. The monoisotopic (exact) mass is 75.1 g/mol. The van der Waals surface area contributed by atoms with Crippen molar-refractivity contribution in [2.75, 3.05) is 0 Å². The van der Waals surface area contributed by atoms with Crippen LogP contribution in [0.2, 0.25) is 0 Å².